The van der Waals surface area contributed by atoms with Gasteiger partial charge in [-0.3, -0.25) is 14.5 Å². The first-order chi connectivity index (χ1) is 12.9. The number of imide groups is 1. The van der Waals surface area contributed by atoms with Crippen LogP contribution in [0.15, 0.2) is 40.9 Å². The number of rotatable bonds is 5. The molecule has 4 amide bonds. The normalized spacial score (nSPS) is 12.9. The molecule has 2 N–H and O–H groups in total. The minimum atomic E-state index is -0.315. The zero-order chi connectivity index (χ0) is 19.6. The Morgan fingerprint density at radius 3 is 2.48 bits per heavy atom. The van der Waals surface area contributed by atoms with Gasteiger partial charge in [-0.05, 0) is 61.7 Å². The molecule has 7 heteroatoms. The van der Waals surface area contributed by atoms with E-state index in [1.165, 1.54) is 4.90 Å². The molecule has 0 bridgehead atoms. The minimum Gasteiger partial charge on any atom is -0.338 e. The van der Waals surface area contributed by atoms with E-state index in [2.05, 4.69) is 26.6 Å². The monoisotopic (exact) mass is 429 g/mol. The maximum atomic E-state index is 12.4. The average Bonchev–Trinajstić information content (AvgIpc) is 2.86. The smallest absolute Gasteiger partial charge is 0.319 e. The number of carbonyl (C=O) groups is 3. The molecule has 0 fully saturated rings. The molecule has 1 aliphatic heterocycles. The Kier molecular flexibility index (Phi) is 5.60. The highest BCUT2D eigenvalue weighted by Crippen LogP contribution is 2.26. The van der Waals surface area contributed by atoms with Crippen molar-refractivity contribution in [1.82, 2.24) is 10.2 Å². The maximum absolute atomic E-state index is 12.4. The van der Waals surface area contributed by atoms with Gasteiger partial charge in [0.15, 0.2) is 0 Å². The number of urea groups is 1. The van der Waals surface area contributed by atoms with E-state index in [4.69, 9.17) is 0 Å². The fraction of sp³-hybridized carbons (Fsp3) is 0.250. The largest absolute Gasteiger partial charge is 0.338 e. The van der Waals surface area contributed by atoms with Crippen molar-refractivity contribution in [2.24, 2.45) is 0 Å². The van der Waals surface area contributed by atoms with Crippen molar-refractivity contribution < 1.29 is 14.4 Å². The quantitative estimate of drug-likeness (QED) is 0.559. The predicted molar refractivity (Wildman–Crippen MR) is 107 cm³/mol. The first kappa shape index (κ1) is 19.1. The number of halogens is 1. The molecule has 1 aliphatic rings. The van der Waals surface area contributed by atoms with Crippen LogP contribution in [0.5, 0.6) is 0 Å². The summed E-state index contributed by atoms with van der Waals surface area (Å²) in [5.41, 5.74) is 3.82. The summed E-state index contributed by atoms with van der Waals surface area (Å²) in [5.74, 6) is -0.585. The summed E-state index contributed by atoms with van der Waals surface area (Å²) >= 11 is 3.31. The van der Waals surface area contributed by atoms with Crippen molar-refractivity contribution in [3.63, 3.8) is 0 Å². The molecule has 0 aliphatic carbocycles. The number of anilines is 1. The van der Waals surface area contributed by atoms with Crippen molar-refractivity contribution in [2.75, 3.05) is 18.4 Å². The van der Waals surface area contributed by atoms with Crippen molar-refractivity contribution in [3.8, 4) is 0 Å². The Balaban J connectivity index is 1.48. The molecule has 27 heavy (non-hydrogen) atoms. The number of aryl methyl sites for hydroxylation is 2. The molecule has 0 atom stereocenters. The van der Waals surface area contributed by atoms with Crippen molar-refractivity contribution >= 4 is 39.5 Å². The summed E-state index contributed by atoms with van der Waals surface area (Å²) in [4.78, 5) is 37.9. The van der Waals surface area contributed by atoms with E-state index in [0.717, 1.165) is 21.3 Å². The standard InChI is InChI=1S/C20H20BrN3O3/c1-12-4-6-15(10-13(12)2)23-20(27)22-8-3-9-24-18(25)16-7-5-14(21)11-17(16)19(24)26/h4-7,10-11H,3,8-9H2,1-2H3,(H2,22,23,27). The molecule has 2 aromatic rings. The van der Waals surface area contributed by atoms with E-state index >= 15 is 0 Å². The van der Waals surface area contributed by atoms with Gasteiger partial charge in [0.1, 0.15) is 0 Å². The second-order valence-corrected chi connectivity index (χ2v) is 7.40. The lowest BCUT2D eigenvalue weighted by Gasteiger charge is -2.14. The molecular weight excluding hydrogens is 410 g/mol. The number of nitrogens with zero attached hydrogens (tertiary/aromatic N) is 1. The Bertz CT molecular complexity index is 927. The van der Waals surface area contributed by atoms with E-state index in [1.807, 2.05) is 32.0 Å². The fourth-order valence-corrected chi connectivity index (χ4v) is 3.26. The van der Waals surface area contributed by atoms with Crippen LogP contribution in [-0.2, 0) is 0 Å². The highest BCUT2D eigenvalue weighted by molar-refractivity contribution is 9.10. The van der Waals surface area contributed by atoms with Crippen LogP contribution in [0, 0.1) is 13.8 Å². The molecule has 2 aromatic carbocycles. The van der Waals surface area contributed by atoms with E-state index in [9.17, 15) is 14.4 Å². The summed E-state index contributed by atoms with van der Waals surface area (Å²) in [7, 11) is 0. The SMILES string of the molecule is Cc1ccc(NC(=O)NCCCN2C(=O)c3ccc(Br)cc3C2=O)cc1C. The van der Waals surface area contributed by atoms with Crippen LogP contribution in [-0.4, -0.2) is 35.8 Å². The third-order valence-corrected chi connectivity index (χ3v) is 5.03. The number of benzene rings is 2. The Labute approximate surface area is 166 Å². The summed E-state index contributed by atoms with van der Waals surface area (Å²) in [6.07, 6.45) is 0.479. The fourth-order valence-electron chi connectivity index (χ4n) is 2.90. The molecule has 0 spiro atoms. The Morgan fingerprint density at radius 2 is 1.74 bits per heavy atom. The molecule has 0 radical (unpaired) electrons. The van der Waals surface area contributed by atoms with Gasteiger partial charge < -0.3 is 10.6 Å². The van der Waals surface area contributed by atoms with Crippen LogP contribution in [0.25, 0.3) is 0 Å². The van der Waals surface area contributed by atoms with Gasteiger partial charge in [0.25, 0.3) is 11.8 Å². The highest BCUT2D eigenvalue weighted by atomic mass is 79.9. The van der Waals surface area contributed by atoms with E-state index < -0.39 is 0 Å². The molecule has 140 valence electrons. The molecule has 6 nitrogen and oxygen atoms in total. The van der Waals surface area contributed by atoms with Gasteiger partial charge in [-0.2, -0.15) is 0 Å². The number of hydrogen-bond donors (Lipinski definition) is 2. The van der Waals surface area contributed by atoms with Crippen LogP contribution in [0.4, 0.5) is 10.5 Å². The maximum Gasteiger partial charge on any atom is 0.319 e. The van der Waals surface area contributed by atoms with Gasteiger partial charge in [-0.1, -0.05) is 22.0 Å². The number of carbonyl (C=O) groups excluding carboxylic acids is 3. The molecule has 0 aromatic heterocycles. The van der Waals surface area contributed by atoms with Crippen LogP contribution < -0.4 is 10.6 Å². The molecule has 3 rings (SSSR count). The van der Waals surface area contributed by atoms with E-state index in [0.29, 0.717) is 24.1 Å². The number of nitrogens with one attached hydrogen (secondary N) is 2. The highest BCUT2D eigenvalue weighted by Gasteiger charge is 2.34. The zero-order valence-electron chi connectivity index (χ0n) is 15.1. The number of hydrogen-bond acceptors (Lipinski definition) is 3. The van der Waals surface area contributed by atoms with Gasteiger partial charge in [-0.15, -0.1) is 0 Å². The average molecular weight is 430 g/mol. The van der Waals surface area contributed by atoms with Crippen molar-refractivity contribution in [1.29, 1.82) is 0 Å². The lowest BCUT2D eigenvalue weighted by molar-refractivity contribution is 0.0653. The van der Waals surface area contributed by atoms with Gasteiger partial charge in [0.2, 0.25) is 0 Å². The molecule has 0 unspecified atom stereocenters. The summed E-state index contributed by atoms with van der Waals surface area (Å²) < 4.78 is 0.758. The van der Waals surface area contributed by atoms with Crippen LogP contribution in [0.2, 0.25) is 0 Å². The molecule has 0 saturated heterocycles. The first-order valence-corrected chi connectivity index (χ1v) is 9.44. The predicted octanol–water partition coefficient (Wildman–Crippen LogP) is 3.87. The van der Waals surface area contributed by atoms with Crippen LogP contribution in [0.3, 0.4) is 0 Å². The van der Waals surface area contributed by atoms with Crippen LogP contribution in [0.1, 0.15) is 38.3 Å². The van der Waals surface area contributed by atoms with Gasteiger partial charge >= 0.3 is 6.03 Å². The summed E-state index contributed by atoms with van der Waals surface area (Å²) in [5, 5.41) is 5.52. The van der Waals surface area contributed by atoms with Crippen LogP contribution >= 0.6 is 15.9 Å². The summed E-state index contributed by atoms with van der Waals surface area (Å²) in [6.45, 7) is 4.61. The molecular formula is C20H20BrN3O3. The second-order valence-electron chi connectivity index (χ2n) is 6.49. The topological polar surface area (TPSA) is 78.5 Å². The second kappa shape index (κ2) is 7.92. The van der Waals surface area contributed by atoms with Gasteiger partial charge in [0.05, 0.1) is 11.1 Å². The Hall–Kier alpha value is -2.67. The van der Waals surface area contributed by atoms with Crippen molar-refractivity contribution in [3.05, 3.63) is 63.1 Å². The van der Waals surface area contributed by atoms with Crippen molar-refractivity contribution in [2.45, 2.75) is 20.3 Å². The summed E-state index contributed by atoms with van der Waals surface area (Å²) in [6, 6.07) is 10.4. The minimum absolute atomic E-state index is 0.258. The number of amides is 4. The van der Waals surface area contributed by atoms with Gasteiger partial charge in [0, 0.05) is 23.2 Å². The lowest BCUT2D eigenvalue weighted by Crippen LogP contribution is -2.35. The zero-order valence-corrected chi connectivity index (χ0v) is 16.7. The van der Waals surface area contributed by atoms with Gasteiger partial charge in [-0.25, -0.2) is 4.79 Å². The molecule has 1 heterocycles. The van der Waals surface area contributed by atoms with E-state index in [1.54, 1.807) is 18.2 Å². The first-order valence-electron chi connectivity index (χ1n) is 8.64. The van der Waals surface area contributed by atoms with E-state index in [-0.39, 0.29) is 24.4 Å². The third-order valence-electron chi connectivity index (χ3n) is 4.54. The number of fused-ring (bicyclic) bond motifs is 1. The molecule has 0 saturated carbocycles. The third kappa shape index (κ3) is 4.19. The Morgan fingerprint density at radius 1 is 1.00 bits per heavy atom. The lowest BCUT2D eigenvalue weighted by atomic mass is 10.1.